The fourth-order valence-electron chi connectivity index (χ4n) is 4.60. The second-order valence-corrected chi connectivity index (χ2v) is 9.00. The van der Waals surface area contributed by atoms with Crippen molar-refractivity contribution >= 4 is 33.5 Å². The smallest absolute Gasteiger partial charge is 0.404 e. The molecule has 7 heteroatoms. The van der Waals surface area contributed by atoms with Gasteiger partial charge >= 0.3 is 6.09 Å². The van der Waals surface area contributed by atoms with E-state index in [2.05, 4.69) is 39.4 Å². The number of amides is 1. The first-order chi connectivity index (χ1) is 13.7. The first-order valence-electron chi connectivity index (χ1n) is 10.5. The zero-order chi connectivity index (χ0) is 19.3. The van der Waals surface area contributed by atoms with E-state index in [-0.39, 0.29) is 0 Å². The molecule has 0 unspecified atom stereocenters. The summed E-state index contributed by atoms with van der Waals surface area (Å²) in [5.74, 6) is 2.50. The molecule has 1 amide bonds. The van der Waals surface area contributed by atoms with Gasteiger partial charge in [0.1, 0.15) is 5.82 Å². The van der Waals surface area contributed by atoms with Crippen LogP contribution in [0.15, 0.2) is 24.3 Å². The van der Waals surface area contributed by atoms with E-state index in [9.17, 15) is 4.79 Å². The Hall–Kier alpha value is -1.86. The number of carbonyl (C=O) groups is 1. The molecule has 0 radical (unpaired) electrons. The van der Waals surface area contributed by atoms with Crippen molar-refractivity contribution < 1.29 is 9.90 Å². The summed E-state index contributed by atoms with van der Waals surface area (Å²) in [6.07, 6.45) is 5.20. The zero-order valence-electron chi connectivity index (χ0n) is 16.3. The van der Waals surface area contributed by atoms with Crippen molar-refractivity contribution in [1.82, 2.24) is 14.6 Å². The van der Waals surface area contributed by atoms with Crippen LogP contribution in [0.3, 0.4) is 0 Å². The molecule has 0 atom stereocenters. The summed E-state index contributed by atoms with van der Waals surface area (Å²) in [5.41, 5.74) is 0. The molecule has 0 bridgehead atoms. The van der Waals surface area contributed by atoms with Crippen molar-refractivity contribution in [3.63, 3.8) is 0 Å². The number of nitrogens with zero attached hydrogens (tertiary/aromatic N) is 3. The number of benzene rings is 1. The number of nitrogens with one attached hydrogen (secondary N) is 1. The first-order valence-corrected chi connectivity index (χ1v) is 11.2. The molecule has 28 heavy (non-hydrogen) atoms. The molecule has 6 nitrogen and oxygen atoms in total. The molecule has 1 aromatic heterocycles. The summed E-state index contributed by atoms with van der Waals surface area (Å²) in [4.78, 5) is 15.7. The lowest BCUT2D eigenvalue weighted by Gasteiger charge is -2.36. The Balaban J connectivity index is 1.18. The van der Waals surface area contributed by atoms with Gasteiger partial charge in [-0.25, -0.2) is 4.79 Å². The Morgan fingerprint density at radius 3 is 2.57 bits per heavy atom. The molecule has 1 saturated carbocycles. The summed E-state index contributed by atoms with van der Waals surface area (Å²) in [7, 11) is 0. The monoisotopic (exact) mass is 402 g/mol. The van der Waals surface area contributed by atoms with E-state index in [1.165, 1.54) is 35.9 Å². The molecule has 2 aromatic rings. The third-order valence-corrected chi connectivity index (χ3v) is 7.21. The van der Waals surface area contributed by atoms with Crippen LogP contribution < -0.4 is 10.2 Å². The van der Waals surface area contributed by atoms with Gasteiger partial charge in [-0.05, 0) is 61.3 Å². The minimum atomic E-state index is -0.896. The van der Waals surface area contributed by atoms with Gasteiger partial charge in [0.15, 0.2) is 0 Å². The second kappa shape index (κ2) is 9.09. The number of hydrogen-bond donors (Lipinski definition) is 2. The van der Waals surface area contributed by atoms with E-state index in [4.69, 9.17) is 9.48 Å². The molecule has 0 spiro atoms. The third kappa shape index (κ3) is 4.75. The van der Waals surface area contributed by atoms with Crippen molar-refractivity contribution in [2.45, 2.75) is 32.1 Å². The Morgan fingerprint density at radius 1 is 1.11 bits per heavy atom. The Labute approximate surface area is 170 Å². The Morgan fingerprint density at radius 2 is 1.82 bits per heavy atom. The van der Waals surface area contributed by atoms with Gasteiger partial charge in [-0.15, -0.1) is 0 Å². The molecular formula is C21H30N4O2S. The molecular weight excluding hydrogens is 372 g/mol. The van der Waals surface area contributed by atoms with Crippen LogP contribution in [0.1, 0.15) is 32.1 Å². The van der Waals surface area contributed by atoms with Crippen LogP contribution >= 0.6 is 11.5 Å². The molecule has 2 fully saturated rings. The number of hydrogen-bond acceptors (Lipinski definition) is 5. The maximum Gasteiger partial charge on any atom is 0.404 e. The van der Waals surface area contributed by atoms with Crippen molar-refractivity contribution in [1.29, 1.82) is 0 Å². The number of piperazine rings is 1. The van der Waals surface area contributed by atoms with E-state index in [1.54, 1.807) is 11.5 Å². The highest BCUT2D eigenvalue weighted by molar-refractivity contribution is 7.13. The highest BCUT2D eigenvalue weighted by Crippen LogP contribution is 2.32. The number of aromatic nitrogens is 1. The Bertz CT molecular complexity index is 780. The molecule has 152 valence electrons. The maximum atomic E-state index is 10.6. The minimum absolute atomic E-state index is 0.531. The standard InChI is InChI=1S/C21H30N4O2S/c26-21(27)22-15-17-7-5-16(6-8-17)9-10-24-11-13-25(14-12-24)20-18-3-1-2-4-19(18)28-23-20/h1-4,16-17,22H,5-15H2,(H,26,27). The number of rotatable bonds is 6. The van der Waals surface area contributed by atoms with Crippen LogP contribution in [0.5, 0.6) is 0 Å². The number of anilines is 1. The van der Waals surface area contributed by atoms with Crippen LogP contribution in [-0.2, 0) is 0 Å². The molecule has 1 aliphatic carbocycles. The first kappa shape index (κ1) is 19.5. The van der Waals surface area contributed by atoms with Crippen LogP contribution in [0, 0.1) is 11.8 Å². The molecule has 4 rings (SSSR count). The number of fused-ring (bicyclic) bond motifs is 1. The van der Waals surface area contributed by atoms with Gasteiger partial charge in [0, 0.05) is 38.1 Å². The predicted octanol–water partition coefficient (Wildman–Crippen LogP) is 3.88. The zero-order valence-corrected chi connectivity index (χ0v) is 17.2. The quantitative estimate of drug-likeness (QED) is 0.767. The van der Waals surface area contributed by atoms with Crippen molar-refractivity contribution in [3.05, 3.63) is 24.3 Å². The molecule has 1 aromatic carbocycles. The minimum Gasteiger partial charge on any atom is -0.465 e. The van der Waals surface area contributed by atoms with E-state index in [1.807, 2.05) is 0 Å². The van der Waals surface area contributed by atoms with Gasteiger partial charge in [0.2, 0.25) is 0 Å². The van der Waals surface area contributed by atoms with Crippen LogP contribution in [0.25, 0.3) is 10.1 Å². The number of carboxylic acid groups (broad SMARTS) is 1. The van der Waals surface area contributed by atoms with Gasteiger partial charge in [-0.2, -0.15) is 4.37 Å². The molecule has 2 heterocycles. The average Bonchev–Trinajstić information content (AvgIpc) is 3.16. The van der Waals surface area contributed by atoms with Crippen LogP contribution in [0.4, 0.5) is 10.6 Å². The normalized spacial score (nSPS) is 23.8. The van der Waals surface area contributed by atoms with E-state index in [0.29, 0.717) is 12.5 Å². The molecule has 1 aliphatic heterocycles. The van der Waals surface area contributed by atoms with Gasteiger partial charge in [-0.1, -0.05) is 25.0 Å². The lowest BCUT2D eigenvalue weighted by Crippen LogP contribution is -2.47. The molecule has 1 saturated heterocycles. The van der Waals surface area contributed by atoms with Gasteiger partial charge in [0.05, 0.1) is 4.70 Å². The largest absolute Gasteiger partial charge is 0.465 e. The fraction of sp³-hybridized carbons (Fsp3) is 0.619. The summed E-state index contributed by atoms with van der Waals surface area (Å²) in [6.45, 7) is 6.15. The second-order valence-electron chi connectivity index (χ2n) is 8.19. The predicted molar refractivity (Wildman–Crippen MR) is 114 cm³/mol. The van der Waals surface area contributed by atoms with Gasteiger partial charge in [0.25, 0.3) is 0 Å². The summed E-state index contributed by atoms with van der Waals surface area (Å²) in [5, 5.41) is 12.6. The van der Waals surface area contributed by atoms with E-state index < -0.39 is 6.09 Å². The van der Waals surface area contributed by atoms with E-state index >= 15 is 0 Å². The highest BCUT2D eigenvalue weighted by atomic mass is 32.1. The third-order valence-electron chi connectivity index (χ3n) is 6.39. The summed E-state index contributed by atoms with van der Waals surface area (Å²) < 4.78 is 5.98. The average molecular weight is 403 g/mol. The Kier molecular flexibility index (Phi) is 6.32. The summed E-state index contributed by atoms with van der Waals surface area (Å²) >= 11 is 1.60. The molecule has 2 aliphatic rings. The SMILES string of the molecule is O=C(O)NCC1CCC(CCN2CCN(c3nsc4ccccc34)CC2)CC1. The maximum absolute atomic E-state index is 10.6. The lowest BCUT2D eigenvalue weighted by molar-refractivity contribution is 0.183. The van der Waals surface area contributed by atoms with E-state index in [0.717, 1.165) is 50.8 Å². The van der Waals surface area contributed by atoms with Crippen LogP contribution in [-0.4, -0.2) is 59.7 Å². The van der Waals surface area contributed by atoms with Gasteiger partial charge in [-0.3, -0.25) is 4.90 Å². The highest BCUT2D eigenvalue weighted by Gasteiger charge is 2.24. The van der Waals surface area contributed by atoms with Gasteiger partial charge < -0.3 is 15.3 Å². The fourth-order valence-corrected chi connectivity index (χ4v) is 5.40. The lowest BCUT2D eigenvalue weighted by atomic mass is 9.80. The van der Waals surface area contributed by atoms with Crippen molar-refractivity contribution in [2.75, 3.05) is 44.2 Å². The van der Waals surface area contributed by atoms with Crippen molar-refractivity contribution in [3.8, 4) is 0 Å². The van der Waals surface area contributed by atoms with Crippen molar-refractivity contribution in [2.24, 2.45) is 11.8 Å². The molecule has 2 N–H and O–H groups in total. The van der Waals surface area contributed by atoms with Crippen LogP contribution in [0.2, 0.25) is 0 Å². The topological polar surface area (TPSA) is 68.7 Å². The summed E-state index contributed by atoms with van der Waals surface area (Å²) in [6, 6.07) is 8.52.